The third kappa shape index (κ3) is 3.39. The summed E-state index contributed by atoms with van der Waals surface area (Å²) >= 11 is 0. The van der Waals surface area contributed by atoms with Crippen LogP contribution in [-0.2, 0) is 18.9 Å². The lowest BCUT2D eigenvalue weighted by Crippen LogP contribution is -2.11. The Labute approximate surface area is 138 Å². The van der Waals surface area contributed by atoms with E-state index in [0.717, 1.165) is 10.8 Å². The van der Waals surface area contributed by atoms with Gasteiger partial charge in [-0.25, -0.2) is 9.59 Å². The zero-order valence-corrected chi connectivity index (χ0v) is 12.9. The summed E-state index contributed by atoms with van der Waals surface area (Å²) in [5.41, 5.74) is 0.916. The fourth-order valence-corrected chi connectivity index (χ4v) is 2.42. The molecule has 0 aromatic heterocycles. The van der Waals surface area contributed by atoms with Gasteiger partial charge in [-0.2, -0.15) is 0 Å². The van der Waals surface area contributed by atoms with Gasteiger partial charge in [-0.3, -0.25) is 0 Å². The van der Waals surface area contributed by atoms with Crippen molar-refractivity contribution in [2.75, 3.05) is 26.4 Å². The average molecular weight is 328 g/mol. The van der Waals surface area contributed by atoms with Gasteiger partial charge in [-0.1, -0.05) is 18.2 Å². The predicted molar refractivity (Wildman–Crippen MR) is 84.0 cm³/mol. The Hall–Kier alpha value is -2.44. The molecule has 0 N–H and O–H groups in total. The summed E-state index contributed by atoms with van der Waals surface area (Å²) in [6, 6.07) is 10.4. The maximum Gasteiger partial charge on any atom is 0.338 e. The second-order valence-electron chi connectivity index (χ2n) is 5.85. The van der Waals surface area contributed by atoms with E-state index in [1.807, 2.05) is 6.07 Å². The standard InChI is InChI=1S/C18H16O6/c19-17(23-9-13-7-21-13)12-4-5-15-11(6-12)2-1-3-16(15)18(20)24-10-14-8-22-14/h1-6,13-14H,7-10H2. The van der Waals surface area contributed by atoms with Crippen molar-refractivity contribution in [1.82, 2.24) is 0 Å². The summed E-state index contributed by atoms with van der Waals surface area (Å²) < 4.78 is 20.5. The van der Waals surface area contributed by atoms with Gasteiger partial charge < -0.3 is 18.9 Å². The van der Waals surface area contributed by atoms with E-state index in [2.05, 4.69) is 0 Å². The molecule has 0 saturated carbocycles. The van der Waals surface area contributed by atoms with E-state index in [1.54, 1.807) is 30.3 Å². The molecule has 6 nitrogen and oxygen atoms in total. The third-order valence-electron chi connectivity index (χ3n) is 3.94. The van der Waals surface area contributed by atoms with Crippen LogP contribution in [0.15, 0.2) is 36.4 Å². The fraction of sp³-hybridized carbons (Fsp3) is 0.333. The lowest BCUT2D eigenvalue weighted by atomic mass is 10.0. The smallest absolute Gasteiger partial charge is 0.338 e. The molecule has 2 aromatic rings. The summed E-state index contributed by atoms with van der Waals surface area (Å²) in [7, 11) is 0. The number of benzene rings is 2. The molecule has 2 heterocycles. The first-order valence-electron chi connectivity index (χ1n) is 7.81. The number of carbonyl (C=O) groups is 2. The second kappa shape index (κ2) is 6.22. The molecule has 0 aliphatic carbocycles. The molecule has 0 radical (unpaired) electrons. The summed E-state index contributed by atoms with van der Waals surface area (Å²) in [4.78, 5) is 24.3. The van der Waals surface area contributed by atoms with E-state index in [1.165, 1.54) is 0 Å². The van der Waals surface area contributed by atoms with Crippen LogP contribution in [-0.4, -0.2) is 50.6 Å². The topological polar surface area (TPSA) is 77.7 Å². The van der Waals surface area contributed by atoms with Gasteiger partial charge in [0.15, 0.2) is 0 Å². The maximum atomic E-state index is 12.2. The molecular weight excluding hydrogens is 312 g/mol. The van der Waals surface area contributed by atoms with E-state index in [4.69, 9.17) is 18.9 Å². The second-order valence-corrected chi connectivity index (χ2v) is 5.85. The molecule has 2 atom stereocenters. The lowest BCUT2D eigenvalue weighted by molar-refractivity contribution is 0.0471. The van der Waals surface area contributed by atoms with Gasteiger partial charge in [0.05, 0.1) is 24.3 Å². The first kappa shape index (κ1) is 15.1. The van der Waals surface area contributed by atoms with Gasteiger partial charge in [-0.05, 0) is 29.0 Å². The number of rotatable bonds is 6. The van der Waals surface area contributed by atoms with Crippen LogP contribution in [0.3, 0.4) is 0 Å². The molecule has 0 bridgehead atoms. The molecule has 0 spiro atoms. The lowest BCUT2D eigenvalue weighted by Gasteiger charge is -2.08. The molecule has 4 rings (SSSR count). The van der Waals surface area contributed by atoms with Crippen molar-refractivity contribution in [1.29, 1.82) is 0 Å². The molecule has 2 saturated heterocycles. The molecule has 2 aromatic carbocycles. The number of fused-ring (bicyclic) bond motifs is 1. The van der Waals surface area contributed by atoms with E-state index in [0.29, 0.717) is 24.3 Å². The number of hydrogen-bond donors (Lipinski definition) is 0. The van der Waals surface area contributed by atoms with E-state index in [9.17, 15) is 9.59 Å². The third-order valence-corrected chi connectivity index (χ3v) is 3.94. The molecule has 124 valence electrons. The number of hydrogen-bond acceptors (Lipinski definition) is 6. The van der Waals surface area contributed by atoms with Gasteiger partial charge in [0.2, 0.25) is 0 Å². The van der Waals surface area contributed by atoms with Crippen LogP contribution in [0.5, 0.6) is 0 Å². The summed E-state index contributed by atoms with van der Waals surface area (Å²) in [5.74, 6) is -0.788. The Kier molecular flexibility index (Phi) is 3.92. The van der Waals surface area contributed by atoms with Gasteiger partial charge in [0.25, 0.3) is 0 Å². The van der Waals surface area contributed by atoms with Crippen molar-refractivity contribution in [3.8, 4) is 0 Å². The van der Waals surface area contributed by atoms with Gasteiger partial charge in [-0.15, -0.1) is 0 Å². The highest BCUT2D eigenvalue weighted by molar-refractivity contribution is 6.06. The zero-order chi connectivity index (χ0) is 16.5. The Morgan fingerprint density at radius 2 is 1.62 bits per heavy atom. The summed E-state index contributed by atoms with van der Waals surface area (Å²) in [5, 5.41) is 1.52. The maximum absolute atomic E-state index is 12.2. The zero-order valence-electron chi connectivity index (χ0n) is 12.9. The molecule has 24 heavy (non-hydrogen) atoms. The van der Waals surface area contributed by atoms with Crippen molar-refractivity contribution >= 4 is 22.7 Å². The highest BCUT2D eigenvalue weighted by Crippen LogP contribution is 2.22. The van der Waals surface area contributed by atoms with Gasteiger partial charge in [0.1, 0.15) is 25.4 Å². The van der Waals surface area contributed by atoms with Crippen molar-refractivity contribution in [3.05, 3.63) is 47.5 Å². The Morgan fingerprint density at radius 3 is 2.29 bits per heavy atom. The van der Waals surface area contributed by atoms with Crippen LogP contribution >= 0.6 is 0 Å². The number of epoxide rings is 2. The Morgan fingerprint density at radius 1 is 0.958 bits per heavy atom. The average Bonchev–Trinajstić information content (AvgIpc) is 3.50. The first-order valence-corrected chi connectivity index (χ1v) is 7.81. The SMILES string of the molecule is O=C(OCC1CO1)c1ccc2c(C(=O)OCC3CO3)cccc2c1. The summed E-state index contributed by atoms with van der Waals surface area (Å²) in [6.07, 6.45) is 0.0620. The quantitative estimate of drug-likeness (QED) is 0.596. The van der Waals surface area contributed by atoms with Crippen LogP contribution in [0.1, 0.15) is 20.7 Å². The number of esters is 2. The van der Waals surface area contributed by atoms with Crippen LogP contribution in [0.2, 0.25) is 0 Å². The minimum atomic E-state index is -0.397. The van der Waals surface area contributed by atoms with Crippen LogP contribution in [0, 0.1) is 0 Å². The van der Waals surface area contributed by atoms with Crippen LogP contribution in [0.4, 0.5) is 0 Å². The molecular formula is C18H16O6. The monoisotopic (exact) mass is 328 g/mol. The molecule has 2 unspecified atom stereocenters. The molecule has 2 fully saturated rings. The highest BCUT2D eigenvalue weighted by atomic mass is 16.6. The van der Waals surface area contributed by atoms with Gasteiger partial charge >= 0.3 is 11.9 Å². The molecule has 0 amide bonds. The normalized spacial score (nSPS) is 21.3. The first-order chi connectivity index (χ1) is 11.7. The van der Waals surface area contributed by atoms with Crippen molar-refractivity contribution in [2.45, 2.75) is 12.2 Å². The minimum absolute atomic E-state index is 0.0285. The van der Waals surface area contributed by atoms with Crippen LogP contribution in [0.25, 0.3) is 10.8 Å². The fourth-order valence-electron chi connectivity index (χ4n) is 2.42. The molecule has 2 aliphatic heterocycles. The van der Waals surface area contributed by atoms with Gasteiger partial charge in [0, 0.05) is 0 Å². The van der Waals surface area contributed by atoms with Crippen molar-refractivity contribution < 1.29 is 28.5 Å². The largest absolute Gasteiger partial charge is 0.459 e. The summed E-state index contributed by atoms with van der Waals surface area (Å²) in [6.45, 7) is 1.82. The number of ether oxygens (including phenoxy) is 4. The Bertz CT molecular complexity index is 791. The van der Waals surface area contributed by atoms with Crippen molar-refractivity contribution in [2.24, 2.45) is 0 Å². The minimum Gasteiger partial charge on any atom is -0.459 e. The van der Waals surface area contributed by atoms with E-state index >= 15 is 0 Å². The molecule has 6 heteroatoms. The molecule has 2 aliphatic rings. The van der Waals surface area contributed by atoms with E-state index < -0.39 is 11.9 Å². The number of carbonyl (C=O) groups excluding carboxylic acids is 2. The predicted octanol–water partition coefficient (Wildman–Crippen LogP) is 1.95. The van der Waals surface area contributed by atoms with Crippen molar-refractivity contribution in [3.63, 3.8) is 0 Å². The highest BCUT2D eigenvalue weighted by Gasteiger charge is 2.26. The Balaban J connectivity index is 1.53. The van der Waals surface area contributed by atoms with E-state index in [-0.39, 0.29) is 25.4 Å². The van der Waals surface area contributed by atoms with Crippen LogP contribution < -0.4 is 0 Å².